The maximum atomic E-state index is 13.8. The number of hydrogen-bond acceptors (Lipinski definition) is 4. The number of ketones is 1. The average molecular weight is 381 g/mol. The first-order chi connectivity index (χ1) is 13.2. The Morgan fingerprint density at radius 2 is 1.82 bits per heavy atom. The smallest absolute Gasteiger partial charge is 0.417 e. The molecule has 148 valence electrons. The Morgan fingerprint density at radius 3 is 2.54 bits per heavy atom. The van der Waals surface area contributed by atoms with E-state index in [1.54, 1.807) is 6.92 Å². The Hall–Kier alpha value is -1.91. The van der Waals surface area contributed by atoms with E-state index in [9.17, 15) is 14.4 Å². The van der Waals surface area contributed by atoms with Gasteiger partial charge in [-0.3, -0.25) is 9.59 Å². The molecule has 0 aromatic heterocycles. The summed E-state index contributed by atoms with van der Waals surface area (Å²) in [7, 11) is 0. The highest BCUT2D eigenvalue weighted by Gasteiger charge is 2.73. The number of nitrogens with zero attached hydrogens (tertiary/aromatic N) is 1. The van der Waals surface area contributed by atoms with Crippen molar-refractivity contribution in [2.45, 2.75) is 59.1 Å². The van der Waals surface area contributed by atoms with Gasteiger partial charge in [0.25, 0.3) is 5.91 Å². The Balaban J connectivity index is 1.42. The van der Waals surface area contributed by atoms with Gasteiger partial charge in [0, 0.05) is 28.9 Å². The lowest BCUT2D eigenvalue weighted by Crippen LogP contribution is -2.51. The Labute approximate surface area is 165 Å². The highest BCUT2D eigenvalue weighted by molar-refractivity contribution is 6.14. The molecule has 0 unspecified atom stereocenters. The molecule has 4 bridgehead atoms. The maximum absolute atomic E-state index is 13.8. The number of carbonyl (C=O) groups is 3. The summed E-state index contributed by atoms with van der Waals surface area (Å²) in [5, 5.41) is 0. The molecule has 5 heteroatoms. The summed E-state index contributed by atoms with van der Waals surface area (Å²) in [5.41, 5.74) is 1.04. The molecule has 0 aromatic carbocycles. The fraction of sp³-hybridized carbons (Fsp3) is 0.696. The molecule has 1 heterocycles. The van der Waals surface area contributed by atoms with E-state index in [0.29, 0.717) is 17.1 Å². The molecule has 1 saturated heterocycles. The molecule has 2 amide bonds. The number of fused-ring (bicyclic) bond motifs is 10. The van der Waals surface area contributed by atoms with Crippen LogP contribution in [0.5, 0.6) is 0 Å². The average Bonchev–Trinajstić information content (AvgIpc) is 3.41. The van der Waals surface area contributed by atoms with Crippen LogP contribution in [0.25, 0.3) is 0 Å². The van der Waals surface area contributed by atoms with E-state index < -0.39 is 6.09 Å². The lowest BCUT2D eigenvalue weighted by atomic mass is 9.68. The molecule has 0 N–H and O–H groups in total. The van der Waals surface area contributed by atoms with Crippen molar-refractivity contribution in [3.63, 3.8) is 0 Å². The topological polar surface area (TPSA) is 63.7 Å². The molecular formula is C23H27NO4. The zero-order chi connectivity index (χ0) is 19.7. The lowest BCUT2D eigenvalue weighted by molar-refractivity contribution is -0.128. The van der Waals surface area contributed by atoms with E-state index in [1.807, 2.05) is 0 Å². The first kappa shape index (κ1) is 17.0. The second-order valence-corrected chi connectivity index (χ2v) is 10.7. The van der Waals surface area contributed by atoms with Crippen LogP contribution in [0, 0.1) is 40.4 Å². The minimum atomic E-state index is -0.511. The minimum absolute atomic E-state index is 0.0220. The largest absolute Gasteiger partial charge is 0.443 e. The van der Waals surface area contributed by atoms with E-state index in [0.717, 1.165) is 19.3 Å². The van der Waals surface area contributed by atoms with Gasteiger partial charge in [-0.05, 0) is 48.9 Å². The van der Waals surface area contributed by atoms with Gasteiger partial charge in [0.05, 0.1) is 6.04 Å². The van der Waals surface area contributed by atoms with Gasteiger partial charge in [-0.1, -0.05) is 32.9 Å². The van der Waals surface area contributed by atoms with Crippen molar-refractivity contribution in [1.82, 2.24) is 4.90 Å². The first-order valence-corrected chi connectivity index (χ1v) is 10.7. The fourth-order valence-corrected chi connectivity index (χ4v) is 7.96. The van der Waals surface area contributed by atoms with Gasteiger partial charge in [0.2, 0.25) is 0 Å². The Bertz CT molecular complexity index is 914. The Kier molecular flexibility index (Phi) is 2.91. The number of amides is 2. The van der Waals surface area contributed by atoms with Crippen LogP contribution in [0.4, 0.5) is 4.79 Å². The number of hydrogen-bond donors (Lipinski definition) is 0. The molecule has 0 aromatic rings. The predicted molar refractivity (Wildman–Crippen MR) is 101 cm³/mol. The van der Waals surface area contributed by atoms with Crippen LogP contribution in [0.2, 0.25) is 0 Å². The van der Waals surface area contributed by atoms with Crippen molar-refractivity contribution in [3.05, 3.63) is 23.3 Å². The van der Waals surface area contributed by atoms with Crippen LogP contribution in [0.15, 0.2) is 23.3 Å². The van der Waals surface area contributed by atoms with E-state index in [-0.39, 0.29) is 58.3 Å². The highest BCUT2D eigenvalue weighted by atomic mass is 16.6. The highest BCUT2D eigenvalue weighted by Crippen LogP contribution is 2.69. The van der Waals surface area contributed by atoms with E-state index in [2.05, 4.69) is 32.9 Å². The monoisotopic (exact) mass is 381 g/mol. The quantitative estimate of drug-likeness (QED) is 0.652. The molecule has 0 spiro atoms. The molecule has 3 saturated carbocycles. The second-order valence-electron chi connectivity index (χ2n) is 10.7. The summed E-state index contributed by atoms with van der Waals surface area (Å²) in [6.45, 7) is 8.49. The molecule has 4 fully saturated rings. The van der Waals surface area contributed by atoms with Gasteiger partial charge in [0.15, 0.2) is 5.78 Å². The number of allylic oxidation sites excluding steroid dienone is 3. The maximum Gasteiger partial charge on any atom is 0.417 e. The third-order valence-electron chi connectivity index (χ3n) is 9.76. The van der Waals surface area contributed by atoms with E-state index >= 15 is 0 Å². The number of rotatable bonds is 1. The van der Waals surface area contributed by atoms with E-state index in [1.165, 1.54) is 4.90 Å². The van der Waals surface area contributed by atoms with Crippen molar-refractivity contribution in [1.29, 1.82) is 0 Å². The van der Waals surface area contributed by atoms with E-state index in [4.69, 9.17) is 4.74 Å². The van der Waals surface area contributed by atoms with Crippen LogP contribution >= 0.6 is 0 Å². The second kappa shape index (κ2) is 4.80. The first-order valence-electron chi connectivity index (χ1n) is 10.7. The van der Waals surface area contributed by atoms with Gasteiger partial charge < -0.3 is 4.74 Å². The van der Waals surface area contributed by atoms with Crippen molar-refractivity contribution >= 4 is 17.8 Å². The molecule has 5 nitrogen and oxygen atoms in total. The standard InChI is InChI=1S/C23H27NO4/c1-10-14(15-11-5-6-12(9-11)16(15)17(10)25)20(26)24-19-18(28-21(24)27)13-7-8-23(19,4)22(13,2)3/h5-6,11-13,15-16,18-19H,7-9H2,1-4H3/t11-,12+,13-,15-,16-,18-,19-,23+/m1/s1. The van der Waals surface area contributed by atoms with Crippen LogP contribution in [-0.4, -0.2) is 34.8 Å². The van der Waals surface area contributed by atoms with Crippen LogP contribution < -0.4 is 0 Å². The summed E-state index contributed by atoms with van der Waals surface area (Å²) in [6.07, 6.45) is 6.58. The van der Waals surface area contributed by atoms with Gasteiger partial charge in [0.1, 0.15) is 6.10 Å². The molecular weight excluding hydrogens is 354 g/mol. The van der Waals surface area contributed by atoms with Crippen LogP contribution in [0.1, 0.15) is 47.0 Å². The van der Waals surface area contributed by atoms with Crippen molar-refractivity contribution in [2.75, 3.05) is 0 Å². The lowest BCUT2D eigenvalue weighted by Gasteiger charge is -2.40. The number of Topliss-reactive ketones (excluding diaryl/α,β-unsaturated/α-hetero) is 1. The summed E-state index contributed by atoms with van der Waals surface area (Å²) in [4.78, 5) is 41.0. The third-order valence-corrected chi connectivity index (χ3v) is 9.76. The molecule has 1 aliphatic heterocycles. The van der Waals surface area contributed by atoms with Crippen LogP contribution in [0.3, 0.4) is 0 Å². The number of carbonyl (C=O) groups excluding carboxylic acids is 3. The summed E-state index contributed by atoms with van der Waals surface area (Å²) < 4.78 is 5.79. The van der Waals surface area contributed by atoms with Gasteiger partial charge in [-0.2, -0.15) is 0 Å². The molecule has 5 aliphatic carbocycles. The zero-order valence-electron chi connectivity index (χ0n) is 16.9. The SMILES string of the molecule is CC1=C(C(=O)N2C(=O)O[C@@H]3[C@H]4CC[C@@](C)([C@@H]32)C4(C)C)[C@@H]2[C@H](C1=O)[C@H]1C=C[C@@H]2C1. The van der Waals surface area contributed by atoms with Gasteiger partial charge in [-0.25, -0.2) is 9.69 Å². The normalized spacial score (nSPS) is 49.3. The van der Waals surface area contributed by atoms with Crippen molar-refractivity contribution in [3.8, 4) is 0 Å². The summed E-state index contributed by atoms with van der Waals surface area (Å²) in [5.74, 6) is 0.478. The minimum Gasteiger partial charge on any atom is -0.443 e. The van der Waals surface area contributed by atoms with Gasteiger partial charge in [-0.15, -0.1) is 0 Å². The fourth-order valence-electron chi connectivity index (χ4n) is 7.96. The van der Waals surface area contributed by atoms with Crippen molar-refractivity contribution < 1.29 is 19.1 Å². The van der Waals surface area contributed by atoms with Gasteiger partial charge >= 0.3 is 6.09 Å². The molecule has 6 rings (SSSR count). The van der Waals surface area contributed by atoms with Crippen LogP contribution in [-0.2, 0) is 14.3 Å². The molecule has 6 aliphatic rings. The third kappa shape index (κ3) is 1.58. The molecule has 0 radical (unpaired) electrons. The predicted octanol–water partition coefficient (Wildman–Crippen LogP) is 3.50. The molecule has 28 heavy (non-hydrogen) atoms. The summed E-state index contributed by atoms with van der Waals surface area (Å²) in [6, 6.07) is -0.218. The summed E-state index contributed by atoms with van der Waals surface area (Å²) >= 11 is 0. The van der Waals surface area contributed by atoms with Crippen molar-refractivity contribution in [2.24, 2.45) is 40.4 Å². The number of ether oxygens (including phenoxy) is 1. The Morgan fingerprint density at radius 1 is 1.14 bits per heavy atom. The molecule has 8 atom stereocenters. The number of imide groups is 1. The zero-order valence-corrected chi connectivity index (χ0v) is 16.9.